The summed E-state index contributed by atoms with van der Waals surface area (Å²) in [7, 11) is 1.37. The van der Waals surface area contributed by atoms with E-state index in [1.165, 1.54) is 19.2 Å². The molecule has 0 aromatic heterocycles. The number of ether oxygens (including phenoxy) is 1. The van der Waals surface area contributed by atoms with Gasteiger partial charge in [0, 0.05) is 24.6 Å². The highest BCUT2D eigenvalue weighted by atomic mass is 32.1. The van der Waals surface area contributed by atoms with Crippen LogP contribution in [0.4, 0.5) is 8.78 Å². The van der Waals surface area contributed by atoms with E-state index >= 15 is 0 Å². The van der Waals surface area contributed by atoms with Crippen molar-refractivity contribution in [2.24, 2.45) is 0 Å². The SMILES string of the molecule is COC(=O)CCCCCNC(=S)N[C@@H](C)c1ccc(F)cc1F. The van der Waals surface area contributed by atoms with Gasteiger partial charge in [-0.2, -0.15) is 0 Å². The van der Waals surface area contributed by atoms with Crippen molar-refractivity contribution in [3.63, 3.8) is 0 Å². The number of esters is 1. The summed E-state index contributed by atoms with van der Waals surface area (Å²) >= 11 is 5.14. The Hall–Kier alpha value is -1.76. The van der Waals surface area contributed by atoms with E-state index in [9.17, 15) is 13.6 Å². The number of carbonyl (C=O) groups is 1. The summed E-state index contributed by atoms with van der Waals surface area (Å²) in [6.45, 7) is 2.41. The minimum absolute atomic E-state index is 0.203. The average Bonchev–Trinajstić information content (AvgIpc) is 2.50. The van der Waals surface area contributed by atoms with E-state index in [1.807, 2.05) is 0 Å². The number of hydrogen-bond donors (Lipinski definition) is 2. The van der Waals surface area contributed by atoms with Gasteiger partial charge >= 0.3 is 5.97 Å². The Morgan fingerprint density at radius 1 is 1.30 bits per heavy atom. The molecule has 23 heavy (non-hydrogen) atoms. The summed E-state index contributed by atoms with van der Waals surface area (Å²) < 4.78 is 31.1. The van der Waals surface area contributed by atoms with Gasteiger partial charge in [-0.3, -0.25) is 4.79 Å². The van der Waals surface area contributed by atoms with Crippen LogP contribution in [0.2, 0.25) is 0 Å². The molecule has 0 saturated heterocycles. The summed E-state index contributed by atoms with van der Waals surface area (Å²) in [5.74, 6) is -1.41. The van der Waals surface area contributed by atoms with Crippen LogP contribution in [0.3, 0.4) is 0 Å². The standard InChI is InChI=1S/C16H22F2N2O2S/c1-11(13-8-7-12(17)10-14(13)18)20-16(23)19-9-5-3-4-6-15(21)22-2/h7-8,10-11H,3-6,9H2,1-2H3,(H2,19,20,23)/t11-/m0/s1. The predicted molar refractivity (Wildman–Crippen MR) is 89.0 cm³/mol. The van der Waals surface area contributed by atoms with Gasteiger partial charge in [-0.25, -0.2) is 8.78 Å². The number of benzene rings is 1. The van der Waals surface area contributed by atoms with Crippen LogP contribution in [-0.2, 0) is 9.53 Å². The smallest absolute Gasteiger partial charge is 0.305 e. The van der Waals surface area contributed by atoms with Gasteiger partial charge in [-0.15, -0.1) is 0 Å². The van der Waals surface area contributed by atoms with Gasteiger partial charge in [-0.05, 0) is 38.0 Å². The molecule has 2 N–H and O–H groups in total. The van der Waals surface area contributed by atoms with E-state index < -0.39 is 11.6 Å². The first kappa shape index (κ1) is 19.3. The fourth-order valence-electron chi connectivity index (χ4n) is 2.05. The topological polar surface area (TPSA) is 50.4 Å². The van der Waals surface area contributed by atoms with Gasteiger partial charge in [-0.1, -0.05) is 12.5 Å². The molecule has 0 unspecified atom stereocenters. The van der Waals surface area contributed by atoms with Crippen LogP contribution in [0.1, 0.15) is 44.2 Å². The Labute approximate surface area is 140 Å². The number of unbranched alkanes of at least 4 members (excludes halogenated alkanes) is 2. The molecule has 0 amide bonds. The van der Waals surface area contributed by atoms with Crippen LogP contribution in [0, 0.1) is 11.6 Å². The van der Waals surface area contributed by atoms with Gasteiger partial charge in [0.15, 0.2) is 5.11 Å². The second kappa shape index (κ2) is 10.1. The van der Waals surface area contributed by atoms with Gasteiger partial charge in [0.25, 0.3) is 0 Å². The van der Waals surface area contributed by atoms with Crippen molar-refractivity contribution in [2.75, 3.05) is 13.7 Å². The molecule has 4 nitrogen and oxygen atoms in total. The van der Waals surface area contributed by atoms with Crippen molar-refractivity contribution in [2.45, 2.75) is 38.6 Å². The molecular weight excluding hydrogens is 322 g/mol. The number of thiocarbonyl (C=S) groups is 1. The maximum atomic E-state index is 13.7. The van der Waals surface area contributed by atoms with Crippen molar-refractivity contribution in [3.8, 4) is 0 Å². The lowest BCUT2D eigenvalue weighted by atomic mass is 10.1. The van der Waals surface area contributed by atoms with Gasteiger partial charge in [0.05, 0.1) is 13.2 Å². The quantitative estimate of drug-likeness (QED) is 0.431. The lowest BCUT2D eigenvalue weighted by Gasteiger charge is -2.18. The Morgan fingerprint density at radius 3 is 2.70 bits per heavy atom. The molecule has 0 heterocycles. The Kier molecular flexibility index (Phi) is 8.47. The van der Waals surface area contributed by atoms with Crippen molar-refractivity contribution in [1.82, 2.24) is 10.6 Å². The summed E-state index contributed by atoms with van der Waals surface area (Å²) in [5.41, 5.74) is 0.355. The molecule has 128 valence electrons. The summed E-state index contributed by atoms with van der Waals surface area (Å²) in [4.78, 5) is 10.9. The van der Waals surface area contributed by atoms with Crippen molar-refractivity contribution < 1.29 is 18.3 Å². The van der Waals surface area contributed by atoms with Crippen LogP contribution in [0.5, 0.6) is 0 Å². The number of halogens is 2. The average molecular weight is 344 g/mol. The molecule has 0 bridgehead atoms. The lowest BCUT2D eigenvalue weighted by molar-refractivity contribution is -0.140. The maximum absolute atomic E-state index is 13.7. The van der Waals surface area contributed by atoms with Crippen molar-refractivity contribution >= 4 is 23.3 Å². The molecular formula is C16H22F2N2O2S. The summed E-state index contributed by atoms with van der Waals surface area (Å²) in [6, 6.07) is 3.10. The van der Waals surface area contributed by atoms with Crippen LogP contribution in [0.25, 0.3) is 0 Å². The van der Waals surface area contributed by atoms with E-state index in [-0.39, 0.29) is 12.0 Å². The molecule has 1 rings (SSSR count). The van der Waals surface area contributed by atoms with Crippen LogP contribution in [-0.4, -0.2) is 24.7 Å². The fourth-order valence-corrected chi connectivity index (χ4v) is 2.33. The Balaban J connectivity index is 2.24. The normalized spacial score (nSPS) is 11.7. The van der Waals surface area contributed by atoms with Crippen LogP contribution >= 0.6 is 12.2 Å². The Bertz CT molecular complexity index is 541. The number of nitrogens with one attached hydrogen (secondary N) is 2. The zero-order valence-electron chi connectivity index (χ0n) is 13.3. The minimum atomic E-state index is -0.605. The van der Waals surface area contributed by atoms with Crippen LogP contribution < -0.4 is 10.6 Å². The number of methoxy groups -OCH3 is 1. The third-order valence-electron chi connectivity index (χ3n) is 3.35. The minimum Gasteiger partial charge on any atom is -0.469 e. The second-order valence-corrected chi connectivity index (χ2v) is 5.58. The number of hydrogen-bond acceptors (Lipinski definition) is 3. The zero-order valence-corrected chi connectivity index (χ0v) is 14.1. The second-order valence-electron chi connectivity index (χ2n) is 5.17. The molecule has 0 radical (unpaired) electrons. The number of carbonyl (C=O) groups excluding carboxylic acids is 1. The molecule has 0 aliphatic heterocycles. The fraction of sp³-hybridized carbons (Fsp3) is 0.500. The lowest BCUT2D eigenvalue weighted by Crippen LogP contribution is -2.37. The van der Waals surface area contributed by atoms with Crippen molar-refractivity contribution in [3.05, 3.63) is 35.4 Å². The van der Waals surface area contributed by atoms with Crippen molar-refractivity contribution in [1.29, 1.82) is 0 Å². The highest BCUT2D eigenvalue weighted by molar-refractivity contribution is 7.80. The third-order valence-corrected chi connectivity index (χ3v) is 3.61. The summed E-state index contributed by atoms with van der Waals surface area (Å²) in [6.07, 6.45) is 2.93. The number of rotatable bonds is 8. The van der Waals surface area contributed by atoms with E-state index in [1.54, 1.807) is 6.92 Å². The predicted octanol–water partition coefficient (Wildman–Crippen LogP) is 3.22. The highest BCUT2D eigenvalue weighted by Gasteiger charge is 2.12. The van der Waals surface area contributed by atoms with Crippen LogP contribution in [0.15, 0.2) is 18.2 Å². The highest BCUT2D eigenvalue weighted by Crippen LogP contribution is 2.17. The largest absolute Gasteiger partial charge is 0.469 e. The molecule has 0 saturated carbocycles. The first-order valence-electron chi connectivity index (χ1n) is 7.50. The molecule has 0 spiro atoms. The molecule has 1 aromatic rings. The molecule has 7 heteroatoms. The van der Waals surface area contributed by atoms with Gasteiger partial charge in [0.2, 0.25) is 0 Å². The maximum Gasteiger partial charge on any atom is 0.305 e. The van der Waals surface area contributed by atoms with E-state index in [2.05, 4.69) is 15.4 Å². The first-order chi connectivity index (χ1) is 10.9. The molecule has 0 aliphatic carbocycles. The van der Waals surface area contributed by atoms with E-state index in [0.717, 1.165) is 25.3 Å². The zero-order chi connectivity index (χ0) is 17.2. The summed E-state index contributed by atoms with van der Waals surface area (Å²) in [5, 5.41) is 6.39. The van der Waals surface area contributed by atoms with E-state index in [4.69, 9.17) is 12.2 Å². The molecule has 0 fully saturated rings. The van der Waals surface area contributed by atoms with Gasteiger partial charge in [0.1, 0.15) is 11.6 Å². The molecule has 1 aromatic carbocycles. The van der Waals surface area contributed by atoms with E-state index in [0.29, 0.717) is 23.6 Å². The first-order valence-corrected chi connectivity index (χ1v) is 7.91. The van der Waals surface area contributed by atoms with Gasteiger partial charge < -0.3 is 15.4 Å². The molecule has 1 atom stereocenters. The monoisotopic (exact) mass is 344 g/mol. The third kappa shape index (κ3) is 7.36. The molecule has 0 aliphatic rings. The Morgan fingerprint density at radius 2 is 2.04 bits per heavy atom.